The third-order valence-corrected chi connectivity index (χ3v) is 7.97. The minimum atomic E-state index is -0.0936. The molecule has 2 atom stereocenters. The molecule has 0 aliphatic carbocycles. The van der Waals surface area contributed by atoms with E-state index in [1.165, 1.54) is 22.8 Å². The van der Waals surface area contributed by atoms with Crippen LogP contribution >= 0.6 is 37.2 Å². The van der Waals surface area contributed by atoms with Crippen molar-refractivity contribution in [3.05, 3.63) is 83.4 Å². The molecule has 2 amide bonds. The highest BCUT2D eigenvalue weighted by Gasteiger charge is 2.19. The van der Waals surface area contributed by atoms with Crippen LogP contribution in [0.25, 0.3) is 10.8 Å². The first kappa shape index (κ1) is 36.1. The van der Waals surface area contributed by atoms with E-state index < -0.39 is 0 Å². The van der Waals surface area contributed by atoms with Gasteiger partial charge in [-0.05, 0) is 53.8 Å². The maximum Gasteiger partial charge on any atom is 0.318 e. The summed E-state index contributed by atoms with van der Waals surface area (Å²) in [7, 11) is 0. The first-order valence-corrected chi connectivity index (χ1v) is 14.5. The van der Waals surface area contributed by atoms with E-state index >= 15 is 0 Å². The number of ether oxygens (including phenoxy) is 1. The number of carbonyl (C=O) groups is 1. The molecule has 3 N–H and O–H groups in total. The zero-order valence-electron chi connectivity index (χ0n) is 24.4. The standard InChI is InChI=1S/C32H43N5O2.3ClH/c1-25(30-9-4-7-28-6-2-3-8-31(28)30)35-32(38)37(17-5-16-36-18-20-39-21-19-36)24-27-12-10-26(11-13-27)22-34-29-14-15-33-23-29;;;/h2-4,6-13,25,29,33-34H,5,14-24H2,1H3,(H,35,38);3*1H/t25-,29?;;;/m0.../s1. The van der Waals surface area contributed by atoms with E-state index in [0.717, 1.165) is 70.0 Å². The van der Waals surface area contributed by atoms with Gasteiger partial charge in [-0.3, -0.25) is 4.90 Å². The SMILES string of the molecule is C[C@H](NC(=O)N(CCCN1CCOCC1)Cc1ccc(CNC2CCNC2)cc1)c1cccc2ccccc12.Cl.Cl.Cl. The summed E-state index contributed by atoms with van der Waals surface area (Å²) in [6, 6.07) is 23.8. The summed E-state index contributed by atoms with van der Waals surface area (Å²) in [5.41, 5.74) is 3.57. The maximum atomic E-state index is 13.6. The number of amides is 2. The quantitative estimate of drug-likeness (QED) is 0.257. The summed E-state index contributed by atoms with van der Waals surface area (Å²) < 4.78 is 5.49. The normalized spacial score (nSPS) is 17.4. The highest BCUT2D eigenvalue weighted by molar-refractivity contribution is 5.87. The van der Waals surface area contributed by atoms with Crippen molar-refractivity contribution in [3.63, 3.8) is 0 Å². The van der Waals surface area contributed by atoms with Crippen LogP contribution in [0, 0.1) is 0 Å². The molecule has 7 nitrogen and oxygen atoms in total. The Labute approximate surface area is 269 Å². The Hall–Kier alpha value is -2.10. The molecular formula is C32H46Cl3N5O2. The van der Waals surface area contributed by atoms with Gasteiger partial charge in [0, 0.05) is 51.9 Å². The topological polar surface area (TPSA) is 68.9 Å². The number of nitrogens with one attached hydrogen (secondary N) is 3. The van der Waals surface area contributed by atoms with Crippen LogP contribution in [0.4, 0.5) is 4.79 Å². The van der Waals surface area contributed by atoms with Crippen LogP contribution in [0.3, 0.4) is 0 Å². The molecule has 42 heavy (non-hydrogen) atoms. The highest BCUT2D eigenvalue weighted by Crippen LogP contribution is 2.24. The molecule has 0 spiro atoms. The van der Waals surface area contributed by atoms with Crippen molar-refractivity contribution in [3.8, 4) is 0 Å². The van der Waals surface area contributed by atoms with Gasteiger partial charge in [0.05, 0.1) is 19.3 Å². The van der Waals surface area contributed by atoms with Crippen molar-refractivity contribution in [2.24, 2.45) is 0 Å². The van der Waals surface area contributed by atoms with Crippen LogP contribution in [-0.2, 0) is 17.8 Å². The van der Waals surface area contributed by atoms with E-state index in [1.807, 2.05) is 4.90 Å². The summed E-state index contributed by atoms with van der Waals surface area (Å²) in [5.74, 6) is 0. The summed E-state index contributed by atoms with van der Waals surface area (Å²) in [6.45, 7) is 10.9. The molecule has 0 aromatic heterocycles. The highest BCUT2D eigenvalue weighted by atomic mass is 35.5. The van der Waals surface area contributed by atoms with Crippen molar-refractivity contribution in [2.75, 3.05) is 52.5 Å². The van der Waals surface area contributed by atoms with E-state index in [2.05, 4.69) is 94.5 Å². The van der Waals surface area contributed by atoms with Gasteiger partial charge >= 0.3 is 6.03 Å². The number of carbonyl (C=O) groups excluding carboxylic acids is 1. The molecule has 3 aromatic carbocycles. The Kier molecular flexibility index (Phi) is 15.9. The summed E-state index contributed by atoms with van der Waals surface area (Å²) in [5, 5.41) is 12.7. The molecule has 0 saturated carbocycles. The smallest absolute Gasteiger partial charge is 0.318 e. The Bertz CT molecular complexity index is 1200. The predicted octanol–water partition coefficient (Wildman–Crippen LogP) is 5.55. The van der Waals surface area contributed by atoms with Gasteiger partial charge in [0.25, 0.3) is 0 Å². The molecule has 2 aliphatic heterocycles. The van der Waals surface area contributed by atoms with E-state index in [4.69, 9.17) is 4.74 Å². The van der Waals surface area contributed by atoms with Gasteiger partial charge in [-0.1, -0.05) is 66.7 Å². The first-order chi connectivity index (χ1) is 19.2. The molecule has 2 saturated heterocycles. The average Bonchev–Trinajstić information content (AvgIpc) is 3.50. The minimum absolute atomic E-state index is 0. The number of benzene rings is 3. The molecule has 0 bridgehead atoms. The third-order valence-electron chi connectivity index (χ3n) is 7.97. The number of nitrogens with zero attached hydrogens (tertiary/aromatic N) is 2. The van der Waals surface area contributed by atoms with Gasteiger partial charge < -0.3 is 25.6 Å². The van der Waals surface area contributed by atoms with Crippen molar-refractivity contribution in [2.45, 2.75) is 44.9 Å². The molecule has 1 unspecified atom stereocenters. The second kappa shape index (κ2) is 18.5. The van der Waals surface area contributed by atoms with Crippen LogP contribution < -0.4 is 16.0 Å². The molecule has 232 valence electrons. The Morgan fingerprint density at radius 1 is 1.00 bits per heavy atom. The molecule has 2 aliphatic rings. The number of hydrogen-bond donors (Lipinski definition) is 3. The predicted molar refractivity (Wildman–Crippen MR) is 179 cm³/mol. The largest absolute Gasteiger partial charge is 0.379 e. The third kappa shape index (κ3) is 10.3. The van der Waals surface area contributed by atoms with Gasteiger partial charge in [-0.15, -0.1) is 37.2 Å². The lowest BCUT2D eigenvalue weighted by Crippen LogP contribution is -2.43. The summed E-state index contributed by atoms with van der Waals surface area (Å²) in [6.07, 6.45) is 2.12. The maximum absolute atomic E-state index is 13.6. The zero-order valence-corrected chi connectivity index (χ0v) is 26.9. The molecule has 2 fully saturated rings. The molecule has 5 rings (SSSR count). The monoisotopic (exact) mass is 637 g/mol. The Morgan fingerprint density at radius 2 is 1.71 bits per heavy atom. The second-order valence-corrected chi connectivity index (χ2v) is 10.9. The first-order valence-electron chi connectivity index (χ1n) is 14.5. The summed E-state index contributed by atoms with van der Waals surface area (Å²) >= 11 is 0. The van der Waals surface area contributed by atoms with E-state index in [0.29, 0.717) is 19.1 Å². The van der Waals surface area contributed by atoms with Crippen molar-refractivity contribution in [1.82, 2.24) is 25.8 Å². The molecule has 0 radical (unpaired) electrons. The van der Waals surface area contributed by atoms with Gasteiger partial charge in [-0.2, -0.15) is 0 Å². The van der Waals surface area contributed by atoms with Crippen LogP contribution in [0.5, 0.6) is 0 Å². The van der Waals surface area contributed by atoms with Crippen molar-refractivity contribution in [1.29, 1.82) is 0 Å². The zero-order chi connectivity index (χ0) is 26.9. The Morgan fingerprint density at radius 3 is 2.45 bits per heavy atom. The Balaban J connectivity index is 0.00000205. The van der Waals surface area contributed by atoms with Gasteiger partial charge in [-0.25, -0.2) is 4.79 Å². The van der Waals surface area contributed by atoms with Crippen molar-refractivity contribution < 1.29 is 9.53 Å². The average molecular weight is 639 g/mol. The van der Waals surface area contributed by atoms with Crippen LogP contribution in [0.1, 0.15) is 42.5 Å². The fraction of sp³-hybridized carbons (Fsp3) is 0.469. The molecule has 3 aromatic rings. The number of fused-ring (bicyclic) bond motifs is 1. The van der Waals surface area contributed by atoms with Crippen LogP contribution in [0.15, 0.2) is 66.7 Å². The van der Waals surface area contributed by atoms with Crippen LogP contribution in [-0.4, -0.2) is 74.4 Å². The number of morpholine rings is 1. The number of halogens is 3. The van der Waals surface area contributed by atoms with E-state index in [1.54, 1.807) is 0 Å². The number of hydrogen-bond acceptors (Lipinski definition) is 5. The van der Waals surface area contributed by atoms with Gasteiger partial charge in [0.2, 0.25) is 0 Å². The number of rotatable bonds is 11. The van der Waals surface area contributed by atoms with E-state index in [9.17, 15) is 4.79 Å². The van der Waals surface area contributed by atoms with E-state index in [-0.39, 0.29) is 49.3 Å². The lowest BCUT2D eigenvalue weighted by atomic mass is 10.00. The molecule has 2 heterocycles. The molecular weight excluding hydrogens is 593 g/mol. The fourth-order valence-corrected chi connectivity index (χ4v) is 5.62. The van der Waals surface area contributed by atoms with Crippen molar-refractivity contribution >= 4 is 54.0 Å². The molecule has 10 heteroatoms. The second-order valence-electron chi connectivity index (χ2n) is 10.9. The minimum Gasteiger partial charge on any atom is -0.379 e. The van der Waals surface area contributed by atoms with Crippen LogP contribution in [0.2, 0.25) is 0 Å². The fourth-order valence-electron chi connectivity index (χ4n) is 5.62. The lowest BCUT2D eigenvalue weighted by molar-refractivity contribution is 0.0364. The summed E-state index contributed by atoms with van der Waals surface area (Å²) in [4.78, 5) is 18.0. The lowest BCUT2D eigenvalue weighted by Gasteiger charge is -2.29. The van der Waals surface area contributed by atoms with Gasteiger partial charge in [0.15, 0.2) is 0 Å². The van der Waals surface area contributed by atoms with Gasteiger partial charge in [0.1, 0.15) is 0 Å². The number of urea groups is 1.